The Morgan fingerprint density at radius 1 is 1.03 bits per heavy atom. The molecule has 4 heterocycles. The van der Waals surface area contributed by atoms with E-state index in [9.17, 15) is 13.9 Å². The van der Waals surface area contributed by atoms with Crippen LogP contribution in [0, 0.1) is 12.8 Å². The van der Waals surface area contributed by atoms with Gasteiger partial charge in [-0.1, -0.05) is 11.6 Å². The van der Waals surface area contributed by atoms with Gasteiger partial charge < -0.3 is 4.57 Å². The molecule has 0 amide bonds. The highest BCUT2D eigenvalue weighted by atomic mass is 35.5. The van der Waals surface area contributed by atoms with Crippen molar-refractivity contribution in [1.29, 1.82) is 0 Å². The molecule has 5 rings (SSSR count). The van der Waals surface area contributed by atoms with E-state index in [1.807, 2.05) is 31.2 Å². The van der Waals surface area contributed by atoms with Gasteiger partial charge in [-0.05, 0) is 88.1 Å². The van der Waals surface area contributed by atoms with E-state index >= 15 is 0 Å². The summed E-state index contributed by atoms with van der Waals surface area (Å²) in [5, 5.41) is 0.693. The number of nitrogens with zero attached hydrogens (tertiary/aromatic N) is 2. The highest BCUT2D eigenvalue weighted by Crippen LogP contribution is 2.46. The molecule has 7 heteroatoms. The Kier molecular flexibility index (Phi) is 6.18. The maximum atomic E-state index is 13.4. The second-order valence-electron chi connectivity index (χ2n) is 9.86. The monoisotopic (exact) mass is 476 g/mol. The van der Waals surface area contributed by atoms with Crippen molar-refractivity contribution in [3.05, 3.63) is 52.3 Å². The average molecular weight is 477 g/mol. The maximum Gasteiger partial charge on any atom is 0.178 e. The van der Waals surface area contributed by atoms with Crippen molar-refractivity contribution in [2.45, 2.75) is 64.0 Å². The lowest BCUT2D eigenvalue weighted by atomic mass is 9.96. The molecule has 3 fully saturated rings. The summed E-state index contributed by atoms with van der Waals surface area (Å²) in [7, 11) is -2.39. The maximum absolute atomic E-state index is 13.4. The number of Topliss-reactive ketones (excluding diaryl/α,β-unsaturated/α-hetero) is 1. The average Bonchev–Trinajstić information content (AvgIpc) is 3.43. The number of carbonyl (C=O) groups is 1. The normalized spacial score (nSPS) is 26.5. The van der Waals surface area contributed by atoms with Crippen molar-refractivity contribution in [3.63, 3.8) is 0 Å². The van der Waals surface area contributed by atoms with E-state index in [4.69, 9.17) is 11.6 Å². The SMILES string of the molecule is Cc1c(C(=O)CN2C3CCC2CC3)cc(CC2CCS(O)(O)CC2)n1-c1ccc(Cl)cc1. The second-order valence-corrected chi connectivity index (χ2v) is 12.7. The Balaban J connectivity index is 1.43. The molecule has 0 unspecified atom stereocenters. The van der Waals surface area contributed by atoms with Gasteiger partial charge in [0.05, 0.1) is 6.54 Å². The van der Waals surface area contributed by atoms with Crippen molar-refractivity contribution < 1.29 is 13.9 Å². The van der Waals surface area contributed by atoms with Gasteiger partial charge in [0.2, 0.25) is 0 Å². The van der Waals surface area contributed by atoms with E-state index in [-0.39, 0.29) is 5.78 Å². The smallest absolute Gasteiger partial charge is 0.178 e. The van der Waals surface area contributed by atoms with Crippen molar-refractivity contribution in [1.82, 2.24) is 9.47 Å². The number of fused-ring (bicyclic) bond motifs is 2. The number of rotatable bonds is 6. The third-order valence-electron chi connectivity index (χ3n) is 7.84. The minimum absolute atomic E-state index is 0.216. The number of hydrogen-bond acceptors (Lipinski definition) is 4. The first-order valence-electron chi connectivity index (χ1n) is 11.8. The molecule has 0 radical (unpaired) electrons. The molecule has 3 aliphatic rings. The number of carbonyl (C=O) groups excluding carboxylic acids is 1. The summed E-state index contributed by atoms with van der Waals surface area (Å²) < 4.78 is 22.2. The Morgan fingerprint density at radius 3 is 2.22 bits per heavy atom. The lowest BCUT2D eigenvalue weighted by Gasteiger charge is -2.39. The third-order valence-corrected chi connectivity index (χ3v) is 9.87. The van der Waals surface area contributed by atoms with Crippen LogP contribution in [0.2, 0.25) is 5.02 Å². The number of hydrogen-bond donors (Lipinski definition) is 2. The summed E-state index contributed by atoms with van der Waals surface area (Å²) in [6.45, 7) is 2.56. The molecule has 0 aliphatic carbocycles. The fraction of sp³-hybridized carbons (Fsp3) is 0.560. The lowest BCUT2D eigenvalue weighted by Crippen LogP contribution is -2.34. The predicted molar refractivity (Wildman–Crippen MR) is 132 cm³/mol. The van der Waals surface area contributed by atoms with Crippen LogP contribution in [0.15, 0.2) is 30.3 Å². The number of ketones is 1. The molecule has 0 saturated carbocycles. The van der Waals surface area contributed by atoms with E-state index in [0.717, 1.165) is 41.9 Å². The molecule has 2 N–H and O–H groups in total. The molecular formula is C25H33ClN2O3S. The Labute approximate surface area is 197 Å². The molecule has 3 saturated heterocycles. The molecule has 3 aliphatic heterocycles. The largest absolute Gasteiger partial charge is 0.317 e. The summed E-state index contributed by atoms with van der Waals surface area (Å²) in [5.41, 5.74) is 3.95. The van der Waals surface area contributed by atoms with Crippen LogP contribution in [0.4, 0.5) is 0 Å². The Hall–Kier alpha value is -1.31. The van der Waals surface area contributed by atoms with Crippen LogP contribution in [0.25, 0.3) is 5.69 Å². The van der Waals surface area contributed by atoms with E-state index in [1.165, 1.54) is 25.7 Å². The zero-order valence-corrected chi connectivity index (χ0v) is 20.2. The first kappa shape index (κ1) is 22.5. The van der Waals surface area contributed by atoms with Crippen LogP contribution in [0.1, 0.15) is 60.3 Å². The van der Waals surface area contributed by atoms with Gasteiger partial charge in [-0.2, -0.15) is 10.6 Å². The van der Waals surface area contributed by atoms with E-state index in [1.54, 1.807) is 0 Å². The molecule has 5 nitrogen and oxygen atoms in total. The molecule has 32 heavy (non-hydrogen) atoms. The second kappa shape index (κ2) is 8.80. The zero-order valence-electron chi connectivity index (χ0n) is 18.7. The van der Waals surface area contributed by atoms with Crippen LogP contribution in [-0.4, -0.2) is 54.5 Å². The Morgan fingerprint density at radius 2 is 1.62 bits per heavy atom. The van der Waals surface area contributed by atoms with Crippen molar-refractivity contribution in [2.75, 3.05) is 18.1 Å². The Bertz CT molecular complexity index is 973. The van der Waals surface area contributed by atoms with Gasteiger partial charge in [0.15, 0.2) is 5.78 Å². The standard InChI is InChI=1S/C25H33ClN2O3S/c1-17-24(25(29)16-27-20-6-7-21(27)9-8-20)15-23(14-18-10-12-32(30,31)13-11-18)28(17)22-4-2-19(26)3-5-22/h2-5,15,18,20-21,30-31H,6-14,16H2,1H3. The molecule has 2 bridgehead atoms. The molecule has 0 atom stereocenters. The van der Waals surface area contributed by atoms with Crippen molar-refractivity contribution in [2.24, 2.45) is 5.92 Å². The molecule has 1 aromatic carbocycles. The molecule has 0 spiro atoms. The van der Waals surface area contributed by atoms with Crippen LogP contribution >= 0.6 is 22.2 Å². The molecule has 174 valence electrons. The van der Waals surface area contributed by atoms with E-state index < -0.39 is 10.6 Å². The van der Waals surface area contributed by atoms with Crippen molar-refractivity contribution in [3.8, 4) is 5.69 Å². The van der Waals surface area contributed by atoms with Crippen molar-refractivity contribution >= 4 is 28.0 Å². The first-order valence-corrected chi connectivity index (χ1v) is 14.1. The quantitative estimate of drug-likeness (QED) is 0.505. The predicted octanol–water partition coefficient (Wildman–Crippen LogP) is 5.95. The summed E-state index contributed by atoms with van der Waals surface area (Å²) in [6, 6.07) is 11.1. The van der Waals surface area contributed by atoms with Crippen LogP contribution in [0.5, 0.6) is 0 Å². The summed E-state index contributed by atoms with van der Waals surface area (Å²) in [6.07, 6.45) is 7.38. The van der Waals surface area contributed by atoms with Crippen LogP contribution < -0.4 is 0 Å². The van der Waals surface area contributed by atoms with Gasteiger partial charge in [0.1, 0.15) is 0 Å². The minimum atomic E-state index is -2.39. The molecule has 2 aromatic rings. The summed E-state index contributed by atoms with van der Waals surface area (Å²) in [4.78, 5) is 15.9. The van der Waals surface area contributed by atoms with Gasteiger partial charge in [-0.3, -0.25) is 18.8 Å². The number of aromatic nitrogens is 1. The fourth-order valence-corrected chi connectivity index (χ4v) is 7.79. The van der Waals surface area contributed by atoms with Crippen LogP contribution in [0.3, 0.4) is 0 Å². The van der Waals surface area contributed by atoms with E-state index in [2.05, 4.69) is 15.5 Å². The molecular weight excluding hydrogens is 444 g/mol. The number of benzene rings is 1. The summed E-state index contributed by atoms with van der Waals surface area (Å²) >= 11 is 6.13. The van der Waals surface area contributed by atoms with Gasteiger partial charge in [-0.15, -0.1) is 0 Å². The first-order chi connectivity index (χ1) is 15.3. The molecule has 1 aromatic heterocycles. The highest BCUT2D eigenvalue weighted by Gasteiger charge is 2.40. The minimum Gasteiger partial charge on any atom is -0.317 e. The van der Waals surface area contributed by atoms with Gasteiger partial charge >= 0.3 is 0 Å². The third kappa shape index (κ3) is 4.40. The number of halogens is 1. The topological polar surface area (TPSA) is 65.7 Å². The zero-order chi connectivity index (χ0) is 22.5. The highest BCUT2D eigenvalue weighted by molar-refractivity contribution is 8.24. The fourth-order valence-electron chi connectivity index (χ4n) is 6.04. The van der Waals surface area contributed by atoms with Gasteiger partial charge in [-0.25, -0.2) is 0 Å². The van der Waals surface area contributed by atoms with Crippen LogP contribution in [-0.2, 0) is 6.42 Å². The van der Waals surface area contributed by atoms with Gasteiger partial charge in [0, 0.05) is 51.3 Å². The van der Waals surface area contributed by atoms with E-state index in [0.29, 0.717) is 41.1 Å². The van der Waals surface area contributed by atoms with Gasteiger partial charge in [0.25, 0.3) is 0 Å². The lowest BCUT2D eigenvalue weighted by molar-refractivity contribution is 0.0917. The summed E-state index contributed by atoms with van der Waals surface area (Å²) in [5.74, 6) is 1.59.